The molecule has 0 fully saturated rings. The Morgan fingerprint density at radius 2 is 2.00 bits per heavy atom. The molecule has 4 heteroatoms. The Labute approximate surface area is 126 Å². The van der Waals surface area contributed by atoms with E-state index in [9.17, 15) is 9.59 Å². The van der Waals surface area contributed by atoms with Gasteiger partial charge in [-0.3, -0.25) is 9.59 Å². The topological polar surface area (TPSA) is 46.6 Å². The number of hydrogen-bond donors (Lipinski definition) is 0. The molecule has 4 nitrogen and oxygen atoms in total. The predicted octanol–water partition coefficient (Wildman–Crippen LogP) is 2.13. The van der Waals surface area contributed by atoms with Gasteiger partial charge in [-0.15, -0.1) is 0 Å². The quantitative estimate of drug-likeness (QED) is 0.754. The number of rotatable bonds is 6. The zero-order valence-electron chi connectivity index (χ0n) is 12.9. The second-order valence-corrected chi connectivity index (χ2v) is 5.50. The van der Waals surface area contributed by atoms with Crippen LogP contribution in [0.5, 0.6) is 0 Å². The van der Waals surface area contributed by atoms with E-state index < -0.39 is 0 Å². The Kier molecular flexibility index (Phi) is 5.37. The monoisotopic (exact) mass is 289 g/mol. The molecule has 2 rings (SSSR count). The van der Waals surface area contributed by atoms with E-state index in [4.69, 9.17) is 4.74 Å². The zero-order valence-corrected chi connectivity index (χ0v) is 12.9. The molecule has 0 spiro atoms. The van der Waals surface area contributed by atoms with E-state index >= 15 is 0 Å². The highest BCUT2D eigenvalue weighted by molar-refractivity contribution is 5.79. The Hall–Kier alpha value is -1.84. The van der Waals surface area contributed by atoms with Gasteiger partial charge in [0.2, 0.25) is 5.91 Å². The standard InChI is InChI=1S/C17H23NO3/c1-3-21-17(20)9-10-18(2)16(19)12-13-7-8-14-5-4-6-15(14)11-13/h7-8,11H,3-6,9-10,12H2,1-2H3. The summed E-state index contributed by atoms with van der Waals surface area (Å²) in [4.78, 5) is 25.1. The fourth-order valence-corrected chi connectivity index (χ4v) is 2.66. The van der Waals surface area contributed by atoms with Gasteiger partial charge >= 0.3 is 5.97 Å². The van der Waals surface area contributed by atoms with Crippen molar-refractivity contribution in [2.45, 2.75) is 39.0 Å². The summed E-state index contributed by atoms with van der Waals surface area (Å²) in [6.45, 7) is 2.56. The van der Waals surface area contributed by atoms with Gasteiger partial charge in [0, 0.05) is 13.6 Å². The molecule has 1 amide bonds. The molecule has 0 aliphatic heterocycles. The van der Waals surface area contributed by atoms with Crippen LogP contribution in [0.4, 0.5) is 0 Å². The summed E-state index contributed by atoms with van der Waals surface area (Å²) in [6.07, 6.45) is 4.14. The van der Waals surface area contributed by atoms with Crippen molar-refractivity contribution < 1.29 is 14.3 Å². The number of hydrogen-bond acceptors (Lipinski definition) is 3. The average molecular weight is 289 g/mol. The SMILES string of the molecule is CCOC(=O)CCN(C)C(=O)Cc1ccc2c(c1)CCC2. The van der Waals surface area contributed by atoms with E-state index in [1.165, 1.54) is 17.5 Å². The number of carbonyl (C=O) groups excluding carboxylic acids is 2. The number of likely N-dealkylation sites (N-methyl/N-ethyl adjacent to an activating group) is 1. The molecular formula is C17H23NO3. The van der Waals surface area contributed by atoms with Crippen LogP contribution in [0.25, 0.3) is 0 Å². The van der Waals surface area contributed by atoms with E-state index in [0.717, 1.165) is 18.4 Å². The van der Waals surface area contributed by atoms with Crippen LogP contribution in [0.1, 0.15) is 36.5 Å². The predicted molar refractivity (Wildman–Crippen MR) is 81.1 cm³/mol. The van der Waals surface area contributed by atoms with Gasteiger partial charge in [0.1, 0.15) is 0 Å². The van der Waals surface area contributed by atoms with Crippen LogP contribution in [0, 0.1) is 0 Å². The lowest BCUT2D eigenvalue weighted by atomic mass is 10.0. The van der Waals surface area contributed by atoms with Crippen molar-refractivity contribution in [3.63, 3.8) is 0 Å². The van der Waals surface area contributed by atoms with Gasteiger partial charge < -0.3 is 9.64 Å². The van der Waals surface area contributed by atoms with E-state index in [0.29, 0.717) is 19.6 Å². The fraction of sp³-hybridized carbons (Fsp3) is 0.529. The number of carbonyl (C=O) groups is 2. The molecule has 1 aliphatic carbocycles. The van der Waals surface area contributed by atoms with Crippen LogP contribution >= 0.6 is 0 Å². The number of ether oxygens (including phenoxy) is 1. The third-order valence-electron chi connectivity index (χ3n) is 3.90. The molecule has 0 aromatic heterocycles. The van der Waals surface area contributed by atoms with Crippen LogP contribution < -0.4 is 0 Å². The second kappa shape index (κ2) is 7.25. The third-order valence-corrected chi connectivity index (χ3v) is 3.90. The summed E-state index contributed by atoms with van der Waals surface area (Å²) in [7, 11) is 1.73. The first-order valence-electron chi connectivity index (χ1n) is 7.60. The van der Waals surface area contributed by atoms with E-state index in [1.54, 1.807) is 18.9 Å². The molecule has 0 atom stereocenters. The molecular weight excluding hydrogens is 266 g/mol. The van der Waals surface area contributed by atoms with Gasteiger partial charge in [-0.25, -0.2) is 0 Å². The summed E-state index contributed by atoms with van der Waals surface area (Å²) in [5.41, 5.74) is 3.86. The molecule has 1 aromatic rings. The molecule has 0 unspecified atom stereocenters. The first-order valence-corrected chi connectivity index (χ1v) is 7.60. The highest BCUT2D eigenvalue weighted by atomic mass is 16.5. The maximum atomic E-state index is 12.2. The van der Waals surface area contributed by atoms with Crippen molar-refractivity contribution in [3.8, 4) is 0 Å². The molecule has 21 heavy (non-hydrogen) atoms. The molecule has 0 heterocycles. The number of amides is 1. The fourth-order valence-electron chi connectivity index (χ4n) is 2.66. The number of esters is 1. The lowest BCUT2D eigenvalue weighted by Gasteiger charge is -2.17. The average Bonchev–Trinajstić information content (AvgIpc) is 2.92. The summed E-state index contributed by atoms with van der Waals surface area (Å²) < 4.78 is 4.86. The highest BCUT2D eigenvalue weighted by Gasteiger charge is 2.15. The number of aryl methyl sites for hydroxylation is 2. The Morgan fingerprint density at radius 3 is 2.76 bits per heavy atom. The van der Waals surface area contributed by atoms with Crippen LogP contribution in [-0.2, 0) is 33.6 Å². The molecule has 0 radical (unpaired) electrons. The first kappa shape index (κ1) is 15.5. The second-order valence-electron chi connectivity index (χ2n) is 5.50. The summed E-state index contributed by atoms with van der Waals surface area (Å²) in [5, 5.41) is 0. The molecule has 0 saturated heterocycles. The highest BCUT2D eigenvalue weighted by Crippen LogP contribution is 2.23. The Balaban J connectivity index is 1.84. The van der Waals surface area contributed by atoms with Gasteiger partial charge in [-0.05, 0) is 42.9 Å². The Bertz CT molecular complexity index is 525. The number of nitrogens with zero attached hydrogens (tertiary/aromatic N) is 1. The van der Waals surface area contributed by atoms with Crippen LogP contribution in [0.3, 0.4) is 0 Å². The van der Waals surface area contributed by atoms with E-state index in [2.05, 4.69) is 12.1 Å². The van der Waals surface area contributed by atoms with E-state index in [-0.39, 0.29) is 18.3 Å². The van der Waals surface area contributed by atoms with Crippen molar-refractivity contribution in [1.82, 2.24) is 4.90 Å². The van der Waals surface area contributed by atoms with Crippen LogP contribution in [0.15, 0.2) is 18.2 Å². The number of fused-ring (bicyclic) bond motifs is 1. The lowest BCUT2D eigenvalue weighted by molar-refractivity contribution is -0.143. The Morgan fingerprint density at radius 1 is 1.24 bits per heavy atom. The lowest BCUT2D eigenvalue weighted by Crippen LogP contribution is -2.30. The molecule has 1 aromatic carbocycles. The van der Waals surface area contributed by atoms with Crippen molar-refractivity contribution in [3.05, 3.63) is 34.9 Å². The van der Waals surface area contributed by atoms with E-state index in [1.807, 2.05) is 6.07 Å². The summed E-state index contributed by atoms with van der Waals surface area (Å²) in [5.74, 6) is -0.216. The van der Waals surface area contributed by atoms with Gasteiger partial charge in [-0.2, -0.15) is 0 Å². The van der Waals surface area contributed by atoms with Crippen molar-refractivity contribution in [2.75, 3.05) is 20.2 Å². The van der Waals surface area contributed by atoms with Gasteiger partial charge in [0.05, 0.1) is 19.4 Å². The maximum Gasteiger partial charge on any atom is 0.307 e. The van der Waals surface area contributed by atoms with Crippen LogP contribution in [-0.4, -0.2) is 37.0 Å². The van der Waals surface area contributed by atoms with Crippen molar-refractivity contribution in [1.29, 1.82) is 0 Å². The normalized spacial score (nSPS) is 12.9. The van der Waals surface area contributed by atoms with Gasteiger partial charge in [0.25, 0.3) is 0 Å². The first-order chi connectivity index (χ1) is 10.1. The molecule has 0 saturated carbocycles. The summed E-state index contributed by atoms with van der Waals surface area (Å²) in [6, 6.07) is 6.34. The van der Waals surface area contributed by atoms with Crippen molar-refractivity contribution in [2.24, 2.45) is 0 Å². The summed E-state index contributed by atoms with van der Waals surface area (Å²) >= 11 is 0. The smallest absolute Gasteiger partial charge is 0.307 e. The van der Waals surface area contributed by atoms with Gasteiger partial charge in [-0.1, -0.05) is 18.2 Å². The van der Waals surface area contributed by atoms with Gasteiger partial charge in [0.15, 0.2) is 0 Å². The third kappa shape index (κ3) is 4.31. The number of benzene rings is 1. The molecule has 0 bridgehead atoms. The molecule has 0 N–H and O–H groups in total. The molecule has 1 aliphatic rings. The minimum Gasteiger partial charge on any atom is -0.466 e. The zero-order chi connectivity index (χ0) is 15.2. The van der Waals surface area contributed by atoms with Crippen molar-refractivity contribution >= 4 is 11.9 Å². The minimum absolute atomic E-state index is 0.0391. The maximum absolute atomic E-state index is 12.2. The minimum atomic E-state index is -0.255. The molecule has 114 valence electrons. The van der Waals surface area contributed by atoms with Crippen LogP contribution in [0.2, 0.25) is 0 Å². The largest absolute Gasteiger partial charge is 0.466 e.